The zero-order valence-corrected chi connectivity index (χ0v) is 16.3. The molecule has 0 aromatic heterocycles. The highest BCUT2D eigenvalue weighted by Gasteiger charge is 2.26. The van der Waals surface area contributed by atoms with Crippen LogP contribution in [0.5, 0.6) is 0 Å². The number of nitrogens with zero attached hydrogens (tertiary/aromatic N) is 1. The van der Waals surface area contributed by atoms with Crippen LogP contribution < -0.4 is 0 Å². The summed E-state index contributed by atoms with van der Waals surface area (Å²) in [7, 11) is 0. The maximum absolute atomic E-state index is 6.08. The summed E-state index contributed by atoms with van der Waals surface area (Å²) in [5.41, 5.74) is -0.351. The van der Waals surface area contributed by atoms with Gasteiger partial charge in [-0.1, -0.05) is 64.5 Å². The lowest BCUT2D eigenvalue weighted by Crippen LogP contribution is -2.41. The minimum absolute atomic E-state index is 0.176. The van der Waals surface area contributed by atoms with Crippen LogP contribution in [-0.2, 0) is 9.68 Å². The lowest BCUT2D eigenvalue weighted by atomic mass is 10.1. The van der Waals surface area contributed by atoms with Crippen molar-refractivity contribution in [2.45, 2.75) is 117 Å². The van der Waals surface area contributed by atoms with Gasteiger partial charge in [-0.3, -0.25) is 9.68 Å². The number of unbranched alkanes of at least 4 members (excludes halogenated alkanes) is 6. The fourth-order valence-electron chi connectivity index (χ4n) is 1.99. The molecule has 0 aliphatic carbocycles. The molecule has 3 heteroatoms. The van der Waals surface area contributed by atoms with Gasteiger partial charge in [-0.25, -0.2) is 0 Å². The van der Waals surface area contributed by atoms with Gasteiger partial charge in [0.1, 0.15) is 0 Å². The number of rotatable bonds is 14. The second-order valence-electron chi connectivity index (χ2n) is 7.59. The fourth-order valence-corrected chi connectivity index (χ4v) is 1.99. The predicted molar refractivity (Wildman–Crippen MR) is 95.6 cm³/mol. The molecule has 0 spiro atoms. The van der Waals surface area contributed by atoms with Crippen LogP contribution in [0, 0.1) is 0 Å². The molecule has 0 N–H and O–H groups in total. The van der Waals surface area contributed by atoms with Crippen LogP contribution in [-0.4, -0.2) is 23.0 Å². The largest absolute Gasteiger partial charge is 0.268 e. The van der Waals surface area contributed by atoms with E-state index in [2.05, 4.69) is 48.5 Å². The average molecular weight is 316 g/mol. The number of hydrogen-bond donors (Lipinski definition) is 0. The smallest absolute Gasteiger partial charge is 0.0867 e. The second-order valence-corrected chi connectivity index (χ2v) is 7.59. The highest BCUT2D eigenvalue weighted by Crippen LogP contribution is 2.22. The Hall–Kier alpha value is -0.120. The topological polar surface area (TPSA) is 21.7 Å². The van der Waals surface area contributed by atoms with Crippen molar-refractivity contribution >= 4 is 0 Å². The van der Waals surface area contributed by atoms with Gasteiger partial charge < -0.3 is 0 Å². The van der Waals surface area contributed by atoms with Crippen LogP contribution in [0.1, 0.15) is 106 Å². The normalized spacial score (nSPS) is 13.1. The molecule has 22 heavy (non-hydrogen) atoms. The predicted octanol–water partition coefficient (Wildman–Crippen LogP) is 6.28. The maximum atomic E-state index is 6.08. The molecular weight excluding hydrogens is 274 g/mol. The number of hydrogen-bond acceptors (Lipinski definition) is 3. The summed E-state index contributed by atoms with van der Waals surface area (Å²) in [6.45, 7) is 15.9. The molecule has 0 bridgehead atoms. The van der Waals surface area contributed by atoms with Gasteiger partial charge in [0.25, 0.3) is 0 Å². The van der Waals surface area contributed by atoms with E-state index in [1.54, 1.807) is 5.23 Å². The molecule has 0 aromatic rings. The zero-order valence-electron chi connectivity index (χ0n) is 16.3. The van der Waals surface area contributed by atoms with E-state index in [1.165, 1.54) is 38.5 Å². The first kappa shape index (κ1) is 21.9. The third kappa shape index (κ3) is 11.4. The molecule has 0 rings (SSSR count). The van der Waals surface area contributed by atoms with E-state index in [1.807, 2.05) is 0 Å². The third-order valence-corrected chi connectivity index (χ3v) is 4.35. The van der Waals surface area contributed by atoms with E-state index < -0.39 is 0 Å². The molecule has 0 aromatic carbocycles. The highest BCUT2D eigenvalue weighted by atomic mass is 17.0. The molecule has 0 heterocycles. The van der Waals surface area contributed by atoms with Crippen LogP contribution in [0.25, 0.3) is 0 Å². The summed E-state index contributed by atoms with van der Waals surface area (Å²) in [6, 6.07) is 0. The third-order valence-electron chi connectivity index (χ3n) is 4.35. The van der Waals surface area contributed by atoms with E-state index in [0.29, 0.717) is 0 Å². The monoisotopic (exact) mass is 315 g/mol. The quantitative estimate of drug-likeness (QED) is 0.278. The molecule has 0 fully saturated rings. The lowest BCUT2D eigenvalue weighted by Gasteiger charge is -2.36. The molecule has 0 radical (unpaired) electrons. The van der Waals surface area contributed by atoms with Gasteiger partial charge in [-0.2, -0.15) is 0 Å². The van der Waals surface area contributed by atoms with Gasteiger partial charge in [-0.15, -0.1) is 0 Å². The van der Waals surface area contributed by atoms with Crippen LogP contribution in [0.4, 0.5) is 0 Å². The first-order valence-corrected chi connectivity index (χ1v) is 9.42. The van der Waals surface area contributed by atoms with Crippen LogP contribution in [0.3, 0.4) is 0 Å². The van der Waals surface area contributed by atoms with Crippen molar-refractivity contribution in [3.63, 3.8) is 0 Å². The SMILES string of the molecule is CCCCCCCCCN(OC(C)(C)CC)OC(C)(C)CC. The Morgan fingerprint density at radius 3 is 1.45 bits per heavy atom. The van der Waals surface area contributed by atoms with Gasteiger partial charge in [-0.05, 0) is 47.0 Å². The van der Waals surface area contributed by atoms with Crippen molar-refractivity contribution in [2.75, 3.05) is 6.54 Å². The first-order chi connectivity index (χ1) is 10.3. The molecule has 0 aliphatic heterocycles. The standard InChI is InChI=1S/C19H41NO2/c1-8-11-12-13-14-15-16-17-20(21-18(4,5)9-2)22-19(6,7)10-3/h8-17H2,1-7H3. The van der Waals surface area contributed by atoms with Crippen molar-refractivity contribution < 1.29 is 9.68 Å². The Balaban J connectivity index is 4.18. The maximum Gasteiger partial charge on any atom is 0.0867 e. The molecule has 0 saturated heterocycles. The van der Waals surface area contributed by atoms with Gasteiger partial charge in [0.05, 0.1) is 17.7 Å². The Bertz CT molecular complexity index is 246. The van der Waals surface area contributed by atoms with Crippen molar-refractivity contribution in [3.8, 4) is 0 Å². The molecule has 0 atom stereocenters. The van der Waals surface area contributed by atoms with E-state index >= 15 is 0 Å². The Labute approximate surface area is 139 Å². The molecule has 0 amide bonds. The van der Waals surface area contributed by atoms with Crippen molar-refractivity contribution in [2.24, 2.45) is 0 Å². The van der Waals surface area contributed by atoms with Gasteiger partial charge >= 0.3 is 0 Å². The summed E-state index contributed by atoms with van der Waals surface area (Å²) >= 11 is 0. The molecule has 134 valence electrons. The van der Waals surface area contributed by atoms with Crippen molar-refractivity contribution in [1.29, 1.82) is 0 Å². The van der Waals surface area contributed by atoms with Crippen molar-refractivity contribution in [1.82, 2.24) is 5.23 Å². The summed E-state index contributed by atoms with van der Waals surface area (Å²) in [4.78, 5) is 12.2. The summed E-state index contributed by atoms with van der Waals surface area (Å²) in [5.74, 6) is 0. The Kier molecular flexibility index (Phi) is 11.4. The van der Waals surface area contributed by atoms with Gasteiger partial charge in [0, 0.05) is 0 Å². The first-order valence-electron chi connectivity index (χ1n) is 9.42. The molecule has 0 saturated carbocycles. The molecule has 0 aliphatic rings. The van der Waals surface area contributed by atoms with Crippen LogP contribution in [0.15, 0.2) is 0 Å². The number of hydroxylamine groups is 2. The lowest BCUT2D eigenvalue weighted by molar-refractivity contribution is -0.434. The highest BCUT2D eigenvalue weighted by molar-refractivity contribution is 4.66. The van der Waals surface area contributed by atoms with Crippen LogP contribution >= 0.6 is 0 Å². The summed E-state index contributed by atoms with van der Waals surface area (Å²) in [6.07, 6.45) is 11.1. The molecule has 3 nitrogen and oxygen atoms in total. The second kappa shape index (κ2) is 11.4. The summed E-state index contributed by atoms with van der Waals surface area (Å²) < 4.78 is 0. The van der Waals surface area contributed by atoms with E-state index in [0.717, 1.165) is 25.8 Å². The van der Waals surface area contributed by atoms with Gasteiger partial charge in [0.15, 0.2) is 0 Å². The van der Waals surface area contributed by atoms with Crippen LogP contribution in [0.2, 0.25) is 0 Å². The van der Waals surface area contributed by atoms with E-state index in [9.17, 15) is 0 Å². The van der Waals surface area contributed by atoms with E-state index in [4.69, 9.17) is 9.68 Å². The summed E-state index contributed by atoms with van der Waals surface area (Å²) in [5, 5.41) is 1.75. The zero-order chi connectivity index (χ0) is 17.1. The minimum Gasteiger partial charge on any atom is -0.268 e. The van der Waals surface area contributed by atoms with Crippen molar-refractivity contribution in [3.05, 3.63) is 0 Å². The average Bonchev–Trinajstić information content (AvgIpc) is 2.45. The Morgan fingerprint density at radius 1 is 0.636 bits per heavy atom. The Morgan fingerprint density at radius 2 is 1.05 bits per heavy atom. The van der Waals surface area contributed by atoms with Gasteiger partial charge in [0.2, 0.25) is 0 Å². The van der Waals surface area contributed by atoms with E-state index in [-0.39, 0.29) is 11.2 Å². The molecular formula is C19H41NO2. The fraction of sp³-hybridized carbons (Fsp3) is 1.00. The molecule has 0 unspecified atom stereocenters. The minimum atomic E-state index is -0.176.